The molecule has 36 heavy (non-hydrogen) atoms. The minimum Gasteiger partial charge on any atom is -0.348 e. The second kappa shape index (κ2) is 10.6. The topological polar surface area (TPSA) is 36.9 Å². The van der Waals surface area contributed by atoms with Gasteiger partial charge in [-0.05, 0) is 48.4 Å². The number of allylic oxidation sites excluding steroid dienone is 1. The molecule has 0 unspecified atom stereocenters. The quantitative estimate of drug-likeness (QED) is 0.428. The Balaban J connectivity index is 0.000000148. The molecule has 2 aliphatic carbocycles. The molecule has 2 aromatic rings. The molecule has 2 saturated heterocycles. The first-order valence-corrected chi connectivity index (χ1v) is 12.5. The van der Waals surface area contributed by atoms with E-state index in [1.807, 2.05) is 6.08 Å². The van der Waals surface area contributed by atoms with E-state index in [1.54, 1.807) is 18.2 Å². The third-order valence-corrected chi connectivity index (χ3v) is 7.53. The largest absolute Gasteiger partial charge is 0.348 e. The van der Waals surface area contributed by atoms with Crippen molar-refractivity contribution in [1.29, 1.82) is 0 Å². The van der Waals surface area contributed by atoms with Gasteiger partial charge in [0.15, 0.2) is 34.8 Å². The van der Waals surface area contributed by atoms with Crippen LogP contribution in [0.5, 0.6) is 0 Å². The standard InChI is InChI=1S/C14H16F2O2.C14H14F2O2/c2*15-12-3-1-2-11(13(12)16)10-4-6-14(7-5-10)17-8-9-18-14/h1-3,10H,4-9H2;1-4H,5-9H2. The predicted molar refractivity (Wildman–Crippen MR) is 125 cm³/mol. The SMILES string of the molecule is Fc1cccc(C2=CCC3(CC2)OCCO3)c1F.Fc1cccc(C2CCC3(CC2)OCCO3)c1F. The van der Waals surface area contributed by atoms with E-state index in [2.05, 4.69) is 0 Å². The Kier molecular flexibility index (Phi) is 7.49. The van der Waals surface area contributed by atoms with E-state index in [0.717, 1.165) is 43.4 Å². The summed E-state index contributed by atoms with van der Waals surface area (Å²) in [4.78, 5) is 0. The molecule has 1 saturated carbocycles. The van der Waals surface area contributed by atoms with Crippen LogP contribution in [-0.4, -0.2) is 38.0 Å². The molecule has 6 rings (SSSR count). The Labute approximate surface area is 208 Å². The molecule has 0 N–H and O–H groups in total. The van der Waals surface area contributed by atoms with Crippen LogP contribution in [0.4, 0.5) is 17.6 Å². The molecule has 194 valence electrons. The zero-order chi connectivity index (χ0) is 25.2. The summed E-state index contributed by atoms with van der Waals surface area (Å²) in [6.07, 6.45) is 6.89. The maximum Gasteiger partial charge on any atom is 0.172 e. The van der Waals surface area contributed by atoms with Crippen molar-refractivity contribution in [2.75, 3.05) is 26.4 Å². The Morgan fingerprint density at radius 2 is 1.25 bits per heavy atom. The first kappa shape index (κ1) is 25.4. The van der Waals surface area contributed by atoms with Gasteiger partial charge in [-0.15, -0.1) is 0 Å². The number of benzene rings is 2. The molecule has 8 heteroatoms. The van der Waals surface area contributed by atoms with Crippen LogP contribution in [0.3, 0.4) is 0 Å². The highest BCUT2D eigenvalue weighted by Crippen LogP contribution is 2.43. The second-order valence-corrected chi connectivity index (χ2v) is 9.67. The highest BCUT2D eigenvalue weighted by atomic mass is 19.2. The fourth-order valence-electron chi connectivity index (χ4n) is 5.55. The number of halogens is 4. The van der Waals surface area contributed by atoms with Gasteiger partial charge >= 0.3 is 0 Å². The van der Waals surface area contributed by atoms with Crippen molar-refractivity contribution >= 4 is 5.57 Å². The van der Waals surface area contributed by atoms with Crippen LogP contribution in [0, 0.1) is 23.3 Å². The Morgan fingerprint density at radius 1 is 0.667 bits per heavy atom. The molecule has 2 spiro atoms. The van der Waals surface area contributed by atoms with Gasteiger partial charge in [-0.1, -0.05) is 30.3 Å². The molecular weight excluding hydrogens is 476 g/mol. The fourth-order valence-corrected chi connectivity index (χ4v) is 5.55. The first-order chi connectivity index (χ1) is 17.4. The van der Waals surface area contributed by atoms with E-state index in [0.29, 0.717) is 56.8 Å². The highest BCUT2D eigenvalue weighted by molar-refractivity contribution is 5.67. The summed E-state index contributed by atoms with van der Waals surface area (Å²) < 4.78 is 76.2. The summed E-state index contributed by atoms with van der Waals surface area (Å²) in [5.74, 6) is -3.94. The van der Waals surface area contributed by atoms with E-state index in [1.165, 1.54) is 6.07 Å². The second-order valence-electron chi connectivity index (χ2n) is 9.67. The Hall–Kier alpha value is -2.26. The third-order valence-electron chi connectivity index (χ3n) is 7.53. The van der Waals surface area contributed by atoms with Crippen LogP contribution >= 0.6 is 0 Å². The Bertz CT molecular complexity index is 1100. The molecule has 3 fully saturated rings. The zero-order valence-corrected chi connectivity index (χ0v) is 20.0. The zero-order valence-electron chi connectivity index (χ0n) is 20.0. The average Bonchev–Trinajstić information content (AvgIpc) is 3.55. The van der Waals surface area contributed by atoms with E-state index in [-0.39, 0.29) is 5.92 Å². The van der Waals surface area contributed by atoms with Gasteiger partial charge in [0.05, 0.1) is 26.4 Å². The van der Waals surface area contributed by atoms with Gasteiger partial charge in [0.2, 0.25) is 0 Å². The summed E-state index contributed by atoms with van der Waals surface area (Å²) in [7, 11) is 0. The van der Waals surface area contributed by atoms with Crippen LogP contribution in [0.25, 0.3) is 5.57 Å². The van der Waals surface area contributed by atoms with Gasteiger partial charge in [0.1, 0.15) is 0 Å². The minimum absolute atomic E-state index is 0.0686. The maximum absolute atomic E-state index is 13.7. The third kappa shape index (κ3) is 5.23. The minimum atomic E-state index is -0.804. The van der Waals surface area contributed by atoms with Crippen molar-refractivity contribution in [2.45, 2.75) is 62.4 Å². The van der Waals surface area contributed by atoms with Crippen LogP contribution < -0.4 is 0 Å². The van der Waals surface area contributed by atoms with Crippen molar-refractivity contribution in [3.63, 3.8) is 0 Å². The number of rotatable bonds is 2. The lowest BCUT2D eigenvalue weighted by Gasteiger charge is -2.35. The van der Waals surface area contributed by atoms with E-state index in [4.69, 9.17) is 18.9 Å². The molecule has 0 radical (unpaired) electrons. The molecule has 0 amide bonds. The summed E-state index contributed by atoms with van der Waals surface area (Å²) in [5.41, 5.74) is 1.67. The number of hydrogen-bond donors (Lipinski definition) is 0. The van der Waals surface area contributed by atoms with Crippen LogP contribution in [0.15, 0.2) is 42.5 Å². The summed E-state index contributed by atoms with van der Waals surface area (Å²) in [6.45, 7) is 2.49. The van der Waals surface area contributed by atoms with Crippen molar-refractivity contribution in [1.82, 2.24) is 0 Å². The predicted octanol–water partition coefficient (Wildman–Crippen LogP) is 6.64. The fraction of sp³-hybridized carbons (Fsp3) is 0.500. The van der Waals surface area contributed by atoms with Gasteiger partial charge in [-0.25, -0.2) is 17.6 Å². The Morgan fingerprint density at radius 3 is 1.86 bits per heavy atom. The van der Waals surface area contributed by atoms with Crippen LogP contribution in [-0.2, 0) is 18.9 Å². The van der Waals surface area contributed by atoms with E-state index >= 15 is 0 Å². The molecule has 4 nitrogen and oxygen atoms in total. The van der Waals surface area contributed by atoms with Crippen molar-refractivity contribution in [3.05, 3.63) is 76.9 Å². The molecular formula is C28H30F4O4. The van der Waals surface area contributed by atoms with Gasteiger partial charge in [-0.2, -0.15) is 0 Å². The summed E-state index contributed by atoms with van der Waals surface area (Å²) in [5, 5.41) is 0. The molecule has 4 aliphatic rings. The van der Waals surface area contributed by atoms with E-state index in [9.17, 15) is 17.6 Å². The lowest BCUT2D eigenvalue weighted by Crippen LogP contribution is -2.34. The highest BCUT2D eigenvalue weighted by Gasteiger charge is 2.41. The smallest absolute Gasteiger partial charge is 0.172 e. The number of hydrogen-bond acceptors (Lipinski definition) is 4. The van der Waals surface area contributed by atoms with Gasteiger partial charge in [-0.3, -0.25) is 0 Å². The van der Waals surface area contributed by atoms with Gasteiger partial charge in [0.25, 0.3) is 0 Å². The molecule has 2 heterocycles. The van der Waals surface area contributed by atoms with Crippen LogP contribution in [0.2, 0.25) is 0 Å². The van der Waals surface area contributed by atoms with Crippen molar-refractivity contribution < 1.29 is 36.5 Å². The molecule has 2 aromatic carbocycles. The van der Waals surface area contributed by atoms with Crippen molar-refractivity contribution in [3.8, 4) is 0 Å². The number of ether oxygens (including phenoxy) is 4. The molecule has 0 bridgehead atoms. The van der Waals surface area contributed by atoms with E-state index < -0.39 is 34.8 Å². The normalized spacial score (nSPS) is 22.9. The monoisotopic (exact) mass is 506 g/mol. The summed E-state index contributed by atoms with van der Waals surface area (Å²) in [6, 6.07) is 8.68. The van der Waals surface area contributed by atoms with Gasteiger partial charge in [0, 0.05) is 31.2 Å². The summed E-state index contributed by atoms with van der Waals surface area (Å²) >= 11 is 0. The molecule has 2 aliphatic heterocycles. The van der Waals surface area contributed by atoms with Crippen molar-refractivity contribution in [2.24, 2.45) is 0 Å². The molecule has 0 aromatic heterocycles. The maximum atomic E-state index is 13.7. The lowest BCUT2D eigenvalue weighted by atomic mass is 9.81. The lowest BCUT2D eigenvalue weighted by molar-refractivity contribution is -0.178. The van der Waals surface area contributed by atoms with Crippen LogP contribution in [0.1, 0.15) is 62.0 Å². The average molecular weight is 507 g/mol. The first-order valence-electron chi connectivity index (χ1n) is 12.5. The van der Waals surface area contributed by atoms with Gasteiger partial charge < -0.3 is 18.9 Å². The molecule has 0 atom stereocenters.